The van der Waals surface area contributed by atoms with Crippen LogP contribution in [-0.4, -0.2) is 17.2 Å². The van der Waals surface area contributed by atoms with Crippen molar-refractivity contribution >= 4 is 12.6 Å². The second-order valence-corrected chi connectivity index (χ2v) is 5.48. The minimum Gasteiger partial charge on any atom is -0.423 e. The Labute approximate surface area is 103 Å². The van der Waals surface area contributed by atoms with Crippen molar-refractivity contribution in [1.29, 1.82) is 0 Å². The van der Waals surface area contributed by atoms with Gasteiger partial charge in [-0.05, 0) is 54.1 Å². The zero-order chi connectivity index (χ0) is 11.8. The van der Waals surface area contributed by atoms with E-state index in [1.807, 2.05) is 0 Å². The van der Waals surface area contributed by atoms with Crippen LogP contribution in [0.3, 0.4) is 0 Å². The van der Waals surface area contributed by atoms with Gasteiger partial charge in [0.05, 0.1) is 0 Å². The van der Waals surface area contributed by atoms with Crippen molar-refractivity contribution in [3.05, 3.63) is 29.3 Å². The van der Waals surface area contributed by atoms with E-state index in [9.17, 15) is 10.0 Å². The van der Waals surface area contributed by atoms with E-state index in [1.165, 1.54) is 49.7 Å². The molecule has 90 valence electrons. The van der Waals surface area contributed by atoms with Gasteiger partial charge in [0.2, 0.25) is 0 Å². The van der Waals surface area contributed by atoms with Crippen LogP contribution in [0.15, 0.2) is 18.2 Å². The molecule has 2 aliphatic rings. The van der Waals surface area contributed by atoms with Gasteiger partial charge in [0.1, 0.15) is 0 Å². The average molecular weight is 230 g/mol. The first-order valence-electron chi connectivity index (χ1n) is 6.76. The highest BCUT2D eigenvalue weighted by Gasteiger charge is 2.31. The van der Waals surface area contributed by atoms with Gasteiger partial charge in [-0.1, -0.05) is 31.0 Å². The Morgan fingerprint density at radius 3 is 1.65 bits per heavy atom. The van der Waals surface area contributed by atoms with Gasteiger partial charge in [-0.2, -0.15) is 0 Å². The molecule has 0 atom stereocenters. The van der Waals surface area contributed by atoms with Crippen molar-refractivity contribution in [1.82, 2.24) is 0 Å². The zero-order valence-electron chi connectivity index (χ0n) is 10.1. The molecule has 3 heteroatoms. The third-order valence-electron chi connectivity index (χ3n) is 4.52. The molecule has 3 rings (SSSR count). The molecule has 0 bridgehead atoms. The fourth-order valence-corrected chi connectivity index (χ4v) is 3.05. The molecule has 2 aliphatic carbocycles. The van der Waals surface area contributed by atoms with Gasteiger partial charge in [0.15, 0.2) is 0 Å². The third kappa shape index (κ3) is 1.92. The van der Waals surface area contributed by atoms with E-state index in [2.05, 4.69) is 18.2 Å². The van der Waals surface area contributed by atoms with Crippen LogP contribution >= 0.6 is 0 Å². The average Bonchev–Trinajstić information content (AvgIpc) is 2.11. The maximum atomic E-state index is 9.68. The summed E-state index contributed by atoms with van der Waals surface area (Å²) in [5, 5.41) is 19.4. The van der Waals surface area contributed by atoms with E-state index in [1.54, 1.807) is 0 Å². The highest BCUT2D eigenvalue weighted by molar-refractivity contribution is 6.59. The fraction of sp³-hybridized carbons (Fsp3) is 0.571. The molecule has 0 saturated heterocycles. The first-order chi connectivity index (χ1) is 8.27. The second kappa shape index (κ2) is 4.47. The van der Waals surface area contributed by atoms with Crippen LogP contribution in [-0.2, 0) is 0 Å². The van der Waals surface area contributed by atoms with Gasteiger partial charge >= 0.3 is 7.12 Å². The Morgan fingerprint density at radius 1 is 0.882 bits per heavy atom. The summed E-state index contributed by atoms with van der Waals surface area (Å²) in [6.07, 6.45) is 7.36. The largest absolute Gasteiger partial charge is 0.489 e. The van der Waals surface area contributed by atoms with E-state index in [0.717, 1.165) is 5.46 Å². The maximum Gasteiger partial charge on any atom is 0.489 e. The lowest BCUT2D eigenvalue weighted by Crippen LogP contribution is -2.39. The van der Waals surface area contributed by atoms with Crippen LogP contribution in [0, 0.1) is 0 Å². The monoisotopic (exact) mass is 230 g/mol. The predicted molar refractivity (Wildman–Crippen MR) is 69.5 cm³/mol. The van der Waals surface area contributed by atoms with Crippen molar-refractivity contribution in [2.24, 2.45) is 0 Å². The molecule has 0 radical (unpaired) electrons. The zero-order valence-corrected chi connectivity index (χ0v) is 10.1. The summed E-state index contributed by atoms with van der Waals surface area (Å²) in [5.41, 5.74) is 3.20. The summed E-state index contributed by atoms with van der Waals surface area (Å²) in [6, 6.07) is 6.26. The molecular formula is C14H19BO2. The molecule has 17 heavy (non-hydrogen) atoms. The molecule has 0 unspecified atom stereocenters. The molecule has 0 heterocycles. The summed E-state index contributed by atoms with van der Waals surface area (Å²) in [5.74, 6) is 1.12. The molecule has 0 aromatic heterocycles. The van der Waals surface area contributed by atoms with Gasteiger partial charge in [-0.3, -0.25) is 0 Å². The Balaban J connectivity index is 2.01. The third-order valence-corrected chi connectivity index (χ3v) is 4.52. The first-order valence-corrected chi connectivity index (χ1v) is 6.76. The van der Waals surface area contributed by atoms with Crippen molar-refractivity contribution in [3.63, 3.8) is 0 Å². The lowest BCUT2D eigenvalue weighted by Gasteiger charge is -2.33. The minimum atomic E-state index is -1.30. The molecule has 2 fully saturated rings. The highest BCUT2D eigenvalue weighted by atomic mass is 16.4. The van der Waals surface area contributed by atoms with Gasteiger partial charge in [0.25, 0.3) is 0 Å². The van der Waals surface area contributed by atoms with E-state index in [4.69, 9.17) is 0 Å². The van der Waals surface area contributed by atoms with E-state index >= 15 is 0 Å². The van der Waals surface area contributed by atoms with Crippen LogP contribution in [0.25, 0.3) is 0 Å². The van der Waals surface area contributed by atoms with Gasteiger partial charge in [-0.25, -0.2) is 0 Å². The standard InChI is InChI=1S/C14H19BO2/c16-15(17)14-12(10-4-1-5-10)8-3-9-13(14)11-6-2-7-11/h3,8-11,16-17H,1-2,4-7H2. The van der Waals surface area contributed by atoms with E-state index in [0.29, 0.717) is 11.8 Å². The number of hydrogen-bond acceptors (Lipinski definition) is 2. The molecule has 2 saturated carbocycles. The number of benzene rings is 1. The van der Waals surface area contributed by atoms with E-state index in [-0.39, 0.29) is 0 Å². The Kier molecular flexibility index (Phi) is 2.97. The number of hydrogen-bond donors (Lipinski definition) is 2. The quantitative estimate of drug-likeness (QED) is 0.778. The van der Waals surface area contributed by atoms with Crippen LogP contribution in [0.2, 0.25) is 0 Å². The van der Waals surface area contributed by atoms with Crippen LogP contribution < -0.4 is 5.46 Å². The van der Waals surface area contributed by atoms with E-state index < -0.39 is 7.12 Å². The summed E-state index contributed by atoms with van der Waals surface area (Å²) >= 11 is 0. The fourth-order valence-electron chi connectivity index (χ4n) is 3.05. The van der Waals surface area contributed by atoms with Crippen molar-refractivity contribution in [3.8, 4) is 0 Å². The topological polar surface area (TPSA) is 40.5 Å². The normalized spacial score (nSPS) is 20.8. The van der Waals surface area contributed by atoms with Crippen LogP contribution in [0.4, 0.5) is 0 Å². The molecule has 0 spiro atoms. The molecule has 2 nitrogen and oxygen atoms in total. The Hall–Kier alpha value is -0.795. The van der Waals surface area contributed by atoms with Crippen LogP contribution in [0.5, 0.6) is 0 Å². The second-order valence-electron chi connectivity index (χ2n) is 5.48. The van der Waals surface area contributed by atoms with Crippen molar-refractivity contribution in [2.45, 2.75) is 50.4 Å². The minimum absolute atomic E-state index is 0.562. The molecule has 2 N–H and O–H groups in total. The van der Waals surface area contributed by atoms with Crippen molar-refractivity contribution < 1.29 is 10.0 Å². The maximum absolute atomic E-state index is 9.68. The molecule has 1 aromatic rings. The predicted octanol–water partition coefficient (Wildman–Crippen LogP) is 1.90. The summed E-state index contributed by atoms with van der Waals surface area (Å²) in [6.45, 7) is 0. The molecule has 0 aliphatic heterocycles. The van der Waals surface area contributed by atoms with Crippen molar-refractivity contribution in [2.75, 3.05) is 0 Å². The Morgan fingerprint density at radius 2 is 1.35 bits per heavy atom. The SMILES string of the molecule is OB(O)c1c(C2CCC2)cccc1C1CCC1. The molecular weight excluding hydrogens is 211 g/mol. The smallest absolute Gasteiger partial charge is 0.423 e. The number of rotatable bonds is 3. The Bertz CT molecular complexity index is 376. The summed E-state index contributed by atoms with van der Waals surface area (Å²) in [4.78, 5) is 0. The highest BCUT2D eigenvalue weighted by Crippen LogP contribution is 2.39. The molecule has 0 amide bonds. The van der Waals surface area contributed by atoms with Gasteiger partial charge in [-0.15, -0.1) is 0 Å². The summed E-state index contributed by atoms with van der Waals surface area (Å²) < 4.78 is 0. The lowest BCUT2D eigenvalue weighted by atomic mass is 9.63. The molecule has 1 aromatic carbocycles. The lowest BCUT2D eigenvalue weighted by molar-refractivity contribution is 0.399. The first kappa shape index (κ1) is 11.3. The van der Waals surface area contributed by atoms with Gasteiger partial charge < -0.3 is 10.0 Å². The summed E-state index contributed by atoms with van der Waals surface area (Å²) in [7, 11) is -1.30. The van der Waals surface area contributed by atoms with Gasteiger partial charge in [0, 0.05) is 0 Å². The van der Waals surface area contributed by atoms with Crippen LogP contribution in [0.1, 0.15) is 61.5 Å².